The van der Waals surface area contributed by atoms with Gasteiger partial charge in [-0.15, -0.1) is 0 Å². The van der Waals surface area contributed by atoms with Crippen LogP contribution in [-0.2, 0) is 14.3 Å². The molecule has 2 aliphatic rings. The average Bonchev–Trinajstić information content (AvgIpc) is 2.59. The summed E-state index contributed by atoms with van der Waals surface area (Å²) in [6.45, 7) is 3.84. The van der Waals surface area contributed by atoms with Gasteiger partial charge in [-0.25, -0.2) is 4.79 Å². The van der Waals surface area contributed by atoms with Gasteiger partial charge in [0.1, 0.15) is 0 Å². The highest BCUT2D eigenvalue weighted by atomic mass is 19.4. The first-order valence-corrected chi connectivity index (χ1v) is 9.74. The summed E-state index contributed by atoms with van der Waals surface area (Å²) in [5.41, 5.74) is 0.677. The Morgan fingerprint density at radius 3 is 2.48 bits per heavy atom. The van der Waals surface area contributed by atoms with E-state index in [4.69, 9.17) is 9.47 Å². The van der Waals surface area contributed by atoms with Gasteiger partial charge < -0.3 is 9.47 Å². The van der Waals surface area contributed by atoms with E-state index in [1.165, 1.54) is 6.08 Å². The lowest BCUT2D eigenvalue weighted by molar-refractivity contribution is -0.260. The lowest BCUT2D eigenvalue weighted by Crippen LogP contribution is -2.44. The van der Waals surface area contributed by atoms with Crippen LogP contribution in [0.1, 0.15) is 56.3 Å². The van der Waals surface area contributed by atoms with Crippen LogP contribution in [0.3, 0.4) is 0 Å². The van der Waals surface area contributed by atoms with E-state index >= 15 is 0 Å². The minimum atomic E-state index is -4.42. The number of ketones is 1. The van der Waals surface area contributed by atoms with Crippen molar-refractivity contribution < 1.29 is 32.2 Å². The van der Waals surface area contributed by atoms with Crippen LogP contribution in [0, 0.1) is 11.3 Å². The monoisotopic (exact) mass is 410 g/mol. The fourth-order valence-electron chi connectivity index (χ4n) is 4.14. The third kappa shape index (κ3) is 5.69. The molecule has 1 saturated heterocycles. The molecular formula is C22H25F3O4. The zero-order valence-corrected chi connectivity index (χ0v) is 16.5. The maximum Gasteiger partial charge on any atom is 0.394 e. The molecule has 0 aromatic heterocycles. The molecule has 0 spiro atoms. The second kappa shape index (κ2) is 8.30. The third-order valence-electron chi connectivity index (χ3n) is 5.34. The van der Waals surface area contributed by atoms with Gasteiger partial charge in [0.2, 0.25) is 6.29 Å². The van der Waals surface area contributed by atoms with Crippen molar-refractivity contribution in [3.8, 4) is 0 Å². The first-order valence-electron chi connectivity index (χ1n) is 9.74. The number of benzene rings is 1. The zero-order valence-electron chi connectivity index (χ0n) is 16.5. The van der Waals surface area contributed by atoms with Gasteiger partial charge in [0, 0.05) is 12.8 Å². The number of alkyl halides is 3. The Kier molecular flexibility index (Phi) is 6.17. The van der Waals surface area contributed by atoms with Crippen LogP contribution < -0.4 is 0 Å². The van der Waals surface area contributed by atoms with Crippen molar-refractivity contribution in [3.05, 3.63) is 47.5 Å². The van der Waals surface area contributed by atoms with Crippen molar-refractivity contribution in [2.45, 2.75) is 64.5 Å². The number of hydrogen-bond acceptors (Lipinski definition) is 4. The number of esters is 1. The van der Waals surface area contributed by atoms with Crippen molar-refractivity contribution in [2.24, 2.45) is 11.3 Å². The number of hydrogen-bond donors (Lipinski definition) is 0. The first-order chi connectivity index (χ1) is 13.5. The summed E-state index contributed by atoms with van der Waals surface area (Å²) < 4.78 is 51.6. The smallest absolute Gasteiger partial charge is 0.394 e. The van der Waals surface area contributed by atoms with E-state index in [2.05, 4.69) is 0 Å². The molecule has 1 aliphatic carbocycles. The molecule has 4 nitrogen and oxygen atoms in total. The van der Waals surface area contributed by atoms with Crippen molar-refractivity contribution in [1.82, 2.24) is 0 Å². The molecule has 0 bridgehead atoms. The number of halogens is 3. The van der Waals surface area contributed by atoms with E-state index in [-0.39, 0.29) is 30.5 Å². The van der Waals surface area contributed by atoms with Gasteiger partial charge in [0.05, 0.1) is 17.6 Å². The molecule has 7 heteroatoms. The minimum absolute atomic E-state index is 0.00126. The molecular weight excluding hydrogens is 385 g/mol. The summed E-state index contributed by atoms with van der Waals surface area (Å²) >= 11 is 0. The van der Waals surface area contributed by atoms with Crippen LogP contribution in [0.25, 0.3) is 0 Å². The molecule has 1 aromatic carbocycles. The number of rotatable bonds is 4. The molecule has 0 amide bonds. The topological polar surface area (TPSA) is 52.6 Å². The van der Waals surface area contributed by atoms with E-state index in [0.717, 1.165) is 0 Å². The number of allylic oxidation sites excluding steroid dienone is 1. The summed E-state index contributed by atoms with van der Waals surface area (Å²) in [6, 6.07) is 8.24. The molecule has 0 radical (unpaired) electrons. The normalized spacial score (nSPS) is 27.3. The molecule has 0 N–H and O–H groups in total. The fourth-order valence-corrected chi connectivity index (χ4v) is 4.14. The molecule has 1 aromatic rings. The van der Waals surface area contributed by atoms with Gasteiger partial charge in [-0.1, -0.05) is 37.6 Å². The molecule has 1 heterocycles. The average molecular weight is 410 g/mol. The molecule has 1 fully saturated rings. The summed E-state index contributed by atoms with van der Waals surface area (Å²) in [7, 11) is 0. The standard InChI is InChI=1S/C22H25F3O4/c1-21(2)12-14(10-16(26)13-21)11-18-17(22(23,24)25)8-9-19(28-18)29-20(27)15-6-4-3-5-7-15/h3-7,10,17-19H,8-9,11-13H2,1-2H3. The van der Waals surface area contributed by atoms with Crippen LogP contribution in [0.4, 0.5) is 13.2 Å². The molecule has 0 saturated carbocycles. The van der Waals surface area contributed by atoms with Crippen molar-refractivity contribution in [3.63, 3.8) is 0 Å². The van der Waals surface area contributed by atoms with Crippen LogP contribution in [0.2, 0.25) is 0 Å². The highest BCUT2D eigenvalue weighted by Crippen LogP contribution is 2.43. The van der Waals surface area contributed by atoms with E-state index in [1.807, 2.05) is 13.8 Å². The maximum atomic E-state index is 13.6. The van der Waals surface area contributed by atoms with Crippen LogP contribution in [0.15, 0.2) is 42.0 Å². The Bertz CT molecular complexity index is 783. The highest BCUT2D eigenvalue weighted by Gasteiger charge is 2.49. The highest BCUT2D eigenvalue weighted by molar-refractivity contribution is 5.91. The summed E-state index contributed by atoms with van der Waals surface area (Å²) in [4.78, 5) is 24.2. The quantitative estimate of drug-likeness (QED) is 0.638. The van der Waals surface area contributed by atoms with Crippen molar-refractivity contribution >= 4 is 11.8 Å². The predicted octanol–water partition coefficient (Wildman–Crippen LogP) is 5.23. The summed E-state index contributed by atoms with van der Waals surface area (Å²) in [6.07, 6.45) is -4.51. The molecule has 3 atom stereocenters. The number of ether oxygens (including phenoxy) is 2. The zero-order chi connectivity index (χ0) is 21.2. The van der Waals surface area contributed by atoms with Gasteiger partial charge in [-0.3, -0.25) is 4.79 Å². The van der Waals surface area contributed by atoms with Crippen LogP contribution in [-0.4, -0.2) is 30.3 Å². The summed E-state index contributed by atoms with van der Waals surface area (Å²) in [5.74, 6) is -2.37. The van der Waals surface area contributed by atoms with E-state index in [1.54, 1.807) is 30.3 Å². The minimum Gasteiger partial charge on any atom is -0.432 e. The number of carbonyl (C=O) groups is 2. The lowest BCUT2D eigenvalue weighted by atomic mass is 9.74. The van der Waals surface area contributed by atoms with E-state index in [9.17, 15) is 22.8 Å². The van der Waals surface area contributed by atoms with Gasteiger partial charge in [-0.2, -0.15) is 13.2 Å². The second-order valence-electron chi connectivity index (χ2n) is 8.59. The largest absolute Gasteiger partial charge is 0.432 e. The van der Waals surface area contributed by atoms with E-state index < -0.39 is 30.5 Å². The van der Waals surface area contributed by atoms with Gasteiger partial charge in [-0.05, 0) is 42.9 Å². The molecule has 1 aliphatic heterocycles. The fraction of sp³-hybridized carbons (Fsp3) is 0.545. The van der Waals surface area contributed by atoms with Gasteiger partial charge in [0.15, 0.2) is 5.78 Å². The Hall–Kier alpha value is -2.15. The third-order valence-corrected chi connectivity index (χ3v) is 5.34. The van der Waals surface area contributed by atoms with E-state index in [0.29, 0.717) is 24.0 Å². The Morgan fingerprint density at radius 2 is 1.86 bits per heavy atom. The Morgan fingerprint density at radius 1 is 1.17 bits per heavy atom. The summed E-state index contributed by atoms with van der Waals surface area (Å²) in [5, 5.41) is 0. The first kappa shape index (κ1) is 21.6. The Labute approximate surface area is 168 Å². The molecule has 29 heavy (non-hydrogen) atoms. The lowest BCUT2D eigenvalue weighted by Gasteiger charge is -2.38. The van der Waals surface area contributed by atoms with Gasteiger partial charge in [0.25, 0.3) is 0 Å². The van der Waals surface area contributed by atoms with Gasteiger partial charge >= 0.3 is 12.1 Å². The molecule has 3 unspecified atom stereocenters. The second-order valence-corrected chi connectivity index (χ2v) is 8.59. The Balaban J connectivity index is 1.72. The molecule has 158 valence electrons. The SMILES string of the molecule is CC1(C)CC(=O)C=C(CC2OC(OC(=O)c3ccccc3)CCC2C(F)(F)F)C1. The van der Waals surface area contributed by atoms with Crippen LogP contribution >= 0.6 is 0 Å². The molecule has 3 rings (SSSR count). The van der Waals surface area contributed by atoms with Crippen LogP contribution in [0.5, 0.6) is 0 Å². The van der Waals surface area contributed by atoms with Crippen molar-refractivity contribution in [1.29, 1.82) is 0 Å². The maximum absolute atomic E-state index is 13.6. The number of carbonyl (C=O) groups excluding carboxylic acids is 2. The predicted molar refractivity (Wildman–Crippen MR) is 100 cm³/mol. The van der Waals surface area contributed by atoms with Crippen molar-refractivity contribution in [2.75, 3.05) is 0 Å².